The monoisotopic (exact) mass is 255 g/mol. The molecule has 8 heteroatoms. The van der Waals surface area contributed by atoms with Crippen molar-refractivity contribution in [2.24, 2.45) is 0 Å². The van der Waals surface area contributed by atoms with Gasteiger partial charge in [-0.15, -0.1) is 0 Å². The lowest BCUT2D eigenvalue weighted by Crippen LogP contribution is -2.12. The molecule has 0 aliphatic carbocycles. The molecule has 0 unspecified atom stereocenters. The smallest absolute Gasteiger partial charge is 0.234 e. The molecule has 1 amide bonds. The SMILES string of the molecule is CC(=O)Nc1ncnc2c(-c3cnccn3)cnn12. The van der Waals surface area contributed by atoms with Crippen LogP contribution >= 0.6 is 0 Å². The Bertz CT molecular complexity index is 737. The van der Waals surface area contributed by atoms with Gasteiger partial charge in [-0.05, 0) is 0 Å². The minimum Gasteiger partial charge on any atom is -0.295 e. The Balaban J connectivity index is 2.17. The average molecular weight is 255 g/mol. The van der Waals surface area contributed by atoms with Crippen molar-refractivity contribution in [1.82, 2.24) is 29.5 Å². The van der Waals surface area contributed by atoms with Crippen LogP contribution in [0.4, 0.5) is 5.95 Å². The van der Waals surface area contributed by atoms with Crippen LogP contribution in [0.2, 0.25) is 0 Å². The molecule has 0 spiro atoms. The van der Waals surface area contributed by atoms with Crippen LogP contribution < -0.4 is 5.32 Å². The molecule has 3 aromatic rings. The summed E-state index contributed by atoms with van der Waals surface area (Å²) in [6.07, 6.45) is 7.78. The molecule has 8 nitrogen and oxygen atoms in total. The van der Waals surface area contributed by atoms with Gasteiger partial charge in [-0.3, -0.25) is 20.1 Å². The quantitative estimate of drug-likeness (QED) is 0.717. The second kappa shape index (κ2) is 4.41. The molecular formula is C11H9N7O. The summed E-state index contributed by atoms with van der Waals surface area (Å²) in [6, 6.07) is 0. The fourth-order valence-corrected chi connectivity index (χ4v) is 1.68. The fraction of sp³-hybridized carbons (Fsp3) is 0.0909. The molecule has 0 radical (unpaired) electrons. The van der Waals surface area contributed by atoms with Crippen molar-refractivity contribution in [3.63, 3.8) is 0 Å². The van der Waals surface area contributed by atoms with Gasteiger partial charge >= 0.3 is 0 Å². The summed E-state index contributed by atoms with van der Waals surface area (Å²) < 4.78 is 1.45. The summed E-state index contributed by atoms with van der Waals surface area (Å²) in [7, 11) is 0. The maximum absolute atomic E-state index is 11.1. The number of amides is 1. The van der Waals surface area contributed by atoms with E-state index >= 15 is 0 Å². The van der Waals surface area contributed by atoms with Gasteiger partial charge in [0.1, 0.15) is 6.33 Å². The highest BCUT2D eigenvalue weighted by molar-refractivity contribution is 5.87. The Morgan fingerprint density at radius 2 is 2.11 bits per heavy atom. The van der Waals surface area contributed by atoms with Crippen molar-refractivity contribution in [1.29, 1.82) is 0 Å². The number of nitrogens with zero attached hydrogens (tertiary/aromatic N) is 6. The van der Waals surface area contributed by atoms with Crippen LogP contribution in [0, 0.1) is 0 Å². The van der Waals surface area contributed by atoms with Crippen LogP contribution in [0.3, 0.4) is 0 Å². The van der Waals surface area contributed by atoms with Crippen LogP contribution in [0.1, 0.15) is 6.92 Å². The summed E-state index contributed by atoms with van der Waals surface area (Å²) in [4.78, 5) is 27.4. The topological polar surface area (TPSA) is 98.0 Å². The predicted octanol–water partition coefficient (Wildman–Crippen LogP) is 0.540. The average Bonchev–Trinajstić information content (AvgIpc) is 2.84. The predicted molar refractivity (Wildman–Crippen MR) is 66.1 cm³/mol. The van der Waals surface area contributed by atoms with E-state index < -0.39 is 0 Å². The Hall–Kier alpha value is -2.90. The van der Waals surface area contributed by atoms with Crippen molar-refractivity contribution in [2.45, 2.75) is 6.92 Å². The highest BCUT2D eigenvalue weighted by Crippen LogP contribution is 2.21. The molecule has 0 saturated heterocycles. The molecule has 1 N–H and O–H groups in total. The first-order valence-corrected chi connectivity index (χ1v) is 5.48. The molecule has 3 heterocycles. The minimum atomic E-state index is -0.225. The van der Waals surface area contributed by atoms with Gasteiger partial charge in [-0.25, -0.2) is 9.97 Å². The van der Waals surface area contributed by atoms with E-state index in [1.807, 2.05) is 0 Å². The standard InChI is InChI=1S/C11H9N7O/c1-7(19)17-11-15-6-14-10-8(4-16-18(10)11)9-5-12-2-3-13-9/h2-6H,1H3,(H,14,15,17,19). The molecule has 0 aromatic carbocycles. The summed E-state index contributed by atoms with van der Waals surface area (Å²) in [6.45, 7) is 1.40. The number of carbonyl (C=O) groups excluding carboxylic acids is 1. The Labute approximate surface area is 107 Å². The number of nitrogens with one attached hydrogen (secondary N) is 1. The molecule has 0 aliphatic heterocycles. The van der Waals surface area contributed by atoms with Gasteiger partial charge in [0.05, 0.1) is 23.7 Å². The second-order valence-corrected chi connectivity index (χ2v) is 3.76. The van der Waals surface area contributed by atoms with Crippen LogP contribution in [0.25, 0.3) is 16.9 Å². The van der Waals surface area contributed by atoms with Crippen molar-refractivity contribution in [3.8, 4) is 11.3 Å². The van der Waals surface area contributed by atoms with E-state index in [-0.39, 0.29) is 5.91 Å². The lowest BCUT2D eigenvalue weighted by Gasteiger charge is -2.02. The maximum Gasteiger partial charge on any atom is 0.234 e. The summed E-state index contributed by atoms with van der Waals surface area (Å²) in [5, 5.41) is 6.74. The first-order chi connectivity index (χ1) is 9.25. The van der Waals surface area contributed by atoms with E-state index in [0.29, 0.717) is 17.3 Å². The van der Waals surface area contributed by atoms with E-state index in [1.165, 1.54) is 17.8 Å². The normalized spacial score (nSPS) is 10.6. The number of fused-ring (bicyclic) bond motifs is 1. The van der Waals surface area contributed by atoms with Crippen LogP contribution in [0.5, 0.6) is 0 Å². The van der Waals surface area contributed by atoms with E-state index in [9.17, 15) is 4.79 Å². The molecule has 94 valence electrons. The van der Waals surface area contributed by atoms with Crippen molar-refractivity contribution >= 4 is 17.5 Å². The van der Waals surface area contributed by atoms with Gasteiger partial charge in [-0.2, -0.15) is 9.61 Å². The lowest BCUT2D eigenvalue weighted by molar-refractivity contribution is -0.114. The molecule has 0 atom stereocenters. The van der Waals surface area contributed by atoms with Crippen molar-refractivity contribution in [3.05, 3.63) is 31.1 Å². The number of hydrogen-bond acceptors (Lipinski definition) is 6. The van der Waals surface area contributed by atoms with Gasteiger partial charge in [0.15, 0.2) is 5.65 Å². The molecular weight excluding hydrogens is 246 g/mol. The largest absolute Gasteiger partial charge is 0.295 e. The number of anilines is 1. The van der Waals surface area contributed by atoms with E-state index in [0.717, 1.165) is 5.56 Å². The highest BCUT2D eigenvalue weighted by atomic mass is 16.1. The Kier molecular flexibility index (Phi) is 2.60. The molecule has 3 aromatic heterocycles. The van der Waals surface area contributed by atoms with Gasteiger partial charge in [0.25, 0.3) is 0 Å². The molecule has 0 aliphatic rings. The third-order valence-corrected chi connectivity index (χ3v) is 2.43. The van der Waals surface area contributed by atoms with E-state index in [1.54, 1.807) is 24.8 Å². The van der Waals surface area contributed by atoms with E-state index in [2.05, 4.69) is 30.4 Å². The lowest BCUT2D eigenvalue weighted by atomic mass is 10.2. The van der Waals surface area contributed by atoms with Gasteiger partial charge in [0.2, 0.25) is 11.9 Å². The number of rotatable bonds is 2. The Morgan fingerprint density at radius 3 is 2.84 bits per heavy atom. The van der Waals surface area contributed by atoms with Crippen molar-refractivity contribution in [2.75, 3.05) is 5.32 Å². The third-order valence-electron chi connectivity index (χ3n) is 2.43. The summed E-state index contributed by atoms with van der Waals surface area (Å²) >= 11 is 0. The number of carbonyl (C=O) groups is 1. The van der Waals surface area contributed by atoms with Gasteiger partial charge in [0, 0.05) is 19.3 Å². The minimum absolute atomic E-state index is 0.225. The first kappa shape index (κ1) is 11.2. The molecule has 0 saturated carbocycles. The zero-order valence-electron chi connectivity index (χ0n) is 9.98. The maximum atomic E-state index is 11.1. The zero-order valence-corrected chi connectivity index (χ0v) is 9.98. The molecule has 0 fully saturated rings. The molecule has 19 heavy (non-hydrogen) atoms. The fourth-order valence-electron chi connectivity index (χ4n) is 1.68. The zero-order chi connectivity index (χ0) is 13.2. The Morgan fingerprint density at radius 1 is 1.21 bits per heavy atom. The van der Waals surface area contributed by atoms with E-state index in [4.69, 9.17) is 0 Å². The van der Waals surface area contributed by atoms with Crippen LogP contribution in [-0.2, 0) is 4.79 Å². The number of hydrogen-bond donors (Lipinski definition) is 1. The highest BCUT2D eigenvalue weighted by Gasteiger charge is 2.12. The first-order valence-electron chi connectivity index (χ1n) is 5.48. The molecule has 3 rings (SSSR count). The van der Waals surface area contributed by atoms with Crippen molar-refractivity contribution < 1.29 is 4.79 Å². The van der Waals surface area contributed by atoms with Crippen LogP contribution in [-0.4, -0.2) is 35.5 Å². The third kappa shape index (κ3) is 1.99. The van der Waals surface area contributed by atoms with Crippen LogP contribution in [0.15, 0.2) is 31.1 Å². The summed E-state index contributed by atoms with van der Waals surface area (Å²) in [5.41, 5.74) is 1.94. The number of aromatic nitrogens is 6. The van der Waals surface area contributed by atoms with Gasteiger partial charge < -0.3 is 0 Å². The van der Waals surface area contributed by atoms with Gasteiger partial charge in [-0.1, -0.05) is 0 Å². The second-order valence-electron chi connectivity index (χ2n) is 3.76. The molecule has 0 bridgehead atoms. The summed E-state index contributed by atoms with van der Waals surface area (Å²) in [5.74, 6) is 0.0872.